The molecule has 0 spiro atoms. The number of rotatable bonds is 11. The largest absolute Gasteiger partial charge is 1.00 e. The minimum absolute atomic E-state index is 0. The van der Waals surface area contributed by atoms with E-state index in [1.807, 2.05) is 0 Å². The molecule has 12 rings (SSSR count). The fraction of sp³-hybridized carbons (Fsp3) is 0.893. The molecule has 2 heterocycles. The Balaban J connectivity index is 0.000000200. The van der Waals surface area contributed by atoms with Crippen LogP contribution in [-0.2, 0) is 42.9 Å². The van der Waals surface area contributed by atoms with Gasteiger partial charge in [-0.25, -0.2) is 0 Å². The van der Waals surface area contributed by atoms with Crippen LogP contribution >= 0.6 is 0 Å². The van der Waals surface area contributed by atoms with Gasteiger partial charge in [0.1, 0.15) is 17.9 Å². The Kier molecular flexibility index (Phi) is 21.9. The van der Waals surface area contributed by atoms with E-state index in [4.69, 9.17) is 24.1 Å². The van der Waals surface area contributed by atoms with Gasteiger partial charge in [0.2, 0.25) is 0 Å². The van der Waals surface area contributed by atoms with Gasteiger partial charge in [-0.1, -0.05) is 93.5 Å². The zero-order valence-corrected chi connectivity index (χ0v) is 59.4. The normalized spacial score (nSPS) is 47.4. The first kappa shape index (κ1) is 70.6. The summed E-state index contributed by atoms with van der Waals surface area (Å²) in [5.74, 6) is 6.40. The molecule has 3 unspecified atom stereocenters. The molecule has 11 heteroatoms. The Morgan fingerprint density at radius 3 is 1.40 bits per heavy atom. The van der Waals surface area contributed by atoms with E-state index in [2.05, 4.69) is 101 Å². The Hall–Kier alpha value is -1.24. The van der Waals surface area contributed by atoms with Crippen molar-refractivity contribution in [3.05, 3.63) is 24.3 Å². The molecule has 2 aliphatic heterocycles. The summed E-state index contributed by atoms with van der Waals surface area (Å²) in [6, 6.07) is 0. The molecule has 12 aliphatic rings. The average Bonchev–Trinajstić information content (AvgIpc) is 0.944. The molecule has 10 aliphatic carbocycles. The Morgan fingerprint density at radius 2 is 1.00 bits per heavy atom. The molecule has 21 atom stereocenters. The van der Waals surface area contributed by atoms with Crippen LogP contribution in [0.4, 0.5) is 0 Å². The average molecular weight is 1210 g/mol. The summed E-state index contributed by atoms with van der Waals surface area (Å²) in [6.45, 7) is 44.4. The fourth-order valence-electron chi connectivity index (χ4n) is 25.3. The van der Waals surface area contributed by atoms with E-state index in [1.165, 1.54) is 127 Å². The van der Waals surface area contributed by atoms with E-state index in [0.29, 0.717) is 77.0 Å². The van der Waals surface area contributed by atoms with E-state index >= 15 is 0 Å². The molecule has 10 nitrogen and oxygen atoms in total. The van der Waals surface area contributed by atoms with Crippen LogP contribution in [0, 0.1) is 119 Å². The first-order valence-electron chi connectivity index (χ1n) is 34.9. The second-order valence-corrected chi connectivity index (χ2v) is 33.5. The summed E-state index contributed by atoms with van der Waals surface area (Å²) >= 11 is 0. The van der Waals surface area contributed by atoms with Crippen LogP contribution in [0.3, 0.4) is 0 Å². The summed E-state index contributed by atoms with van der Waals surface area (Å²) in [6.07, 6.45) is 30.7. The Bertz CT molecular complexity index is 2430. The molecular weight excluding hydrogens is 1080 g/mol. The number of hydrogen-bond donors (Lipinski definition) is 0. The third-order valence-electron chi connectivity index (χ3n) is 29.8. The molecule has 2 saturated heterocycles. The number of ketones is 2. The van der Waals surface area contributed by atoms with Crippen LogP contribution in [0.5, 0.6) is 0 Å². The van der Waals surface area contributed by atoms with Crippen molar-refractivity contribution in [2.75, 3.05) is 40.1 Å². The summed E-state index contributed by atoms with van der Waals surface area (Å²) in [4.78, 5) is 47.8. The molecule has 0 aromatic carbocycles. The van der Waals surface area contributed by atoms with Crippen molar-refractivity contribution in [3.63, 3.8) is 0 Å². The summed E-state index contributed by atoms with van der Waals surface area (Å²) in [5, 5.41) is 8.25. The van der Waals surface area contributed by atoms with Crippen LogP contribution in [0.2, 0.25) is 0 Å². The number of carbonyl (C=O) groups excluding carboxylic acids is 4. The molecule has 0 radical (unpaired) electrons. The van der Waals surface area contributed by atoms with Crippen molar-refractivity contribution in [1.29, 1.82) is 0 Å². The van der Waals surface area contributed by atoms with Crippen molar-refractivity contribution < 1.29 is 77.5 Å². The van der Waals surface area contributed by atoms with Crippen molar-refractivity contribution in [3.8, 4) is 0 Å². The maximum Gasteiger partial charge on any atom is 1.00 e. The Labute approximate surface area is 545 Å². The standard InChI is InChI=1S/C36H56O4.C35H56O3.C3H6O2.CH3O.Na/c1-23(2)25-13-16-36(22-40-29-10-8-9-19-39-29)18-17-34(6)26(30(25)36)11-12-28-33(5)20-24(21-37)31(38)32(3,4)27(33)14-15-35(28,34)7;1-23(2)24-13-18-35(22-38-29-10-8-9-21-37-29)20-19-33(6)25(30(24)35)11-12-27-32(5)16-15-28(36)31(3,4)26(32)14-17-34(27,33)7;1-2-5-3-4;1-2;/h21,24-30H,1,8-20,22H2,2-7H3;24-27,29-30H,1,8-22H2,2-7H3;3H,2H2,1H3;1H3;/q;;;-1;+1/t24?,25-,26+,27-,28+,29?,30+,33-,34+,35+,36+;24-,25+,26-,27+,29?,30+,32-,33+,34+,35+;;;/m00.../s1. The molecule has 482 valence electrons. The number of aldehydes is 1. The van der Waals surface area contributed by atoms with Crippen molar-refractivity contribution in [2.24, 2.45) is 119 Å². The van der Waals surface area contributed by atoms with E-state index in [9.17, 15) is 19.2 Å². The van der Waals surface area contributed by atoms with Gasteiger partial charge in [0.25, 0.3) is 6.47 Å². The van der Waals surface area contributed by atoms with Gasteiger partial charge in [-0.2, -0.15) is 7.11 Å². The minimum atomic E-state index is -0.440. The molecule has 0 aromatic rings. The van der Waals surface area contributed by atoms with Crippen molar-refractivity contribution in [2.45, 2.75) is 263 Å². The molecular formula is C75H121NaO10. The smallest absolute Gasteiger partial charge is 0.857 e. The quantitative estimate of drug-likeness (QED) is 0.0851. The van der Waals surface area contributed by atoms with Gasteiger partial charge in [-0.15, -0.1) is 0 Å². The SMILES string of the molecule is C=C(C)[C@@H]1CC[C@]2(COC3CCCCO3)CC[C@]3(C)[C@H](CC[C@@H]4[C@@]5(C)CC(C=O)C(=O)C(C)(C)[C@@H]5CC[C@]43C)[C@@H]12.C=C(C)[C@@H]1CC[C@]2(COC3CCCCO3)CC[C@]3(C)[C@H](CC[C@@H]4[C@@]5(C)CCC(=O)C(C)(C)[C@@H]5CC[C@]43C)[C@@H]12.CCOC=O.C[O-].[Na+]. The molecule has 86 heavy (non-hydrogen) atoms. The first-order valence-corrected chi connectivity index (χ1v) is 34.9. The van der Waals surface area contributed by atoms with Crippen molar-refractivity contribution >= 4 is 24.3 Å². The molecule has 10 saturated carbocycles. The fourth-order valence-corrected chi connectivity index (χ4v) is 25.3. The first-order chi connectivity index (χ1) is 40.1. The molecule has 0 amide bonds. The number of ether oxygens (including phenoxy) is 5. The Morgan fingerprint density at radius 1 is 0.547 bits per heavy atom. The third-order valence-corrected chi connectivity index (χ3v) is 29.8. The second kappa shape index (κ2) is 26.6. The monoisotopic (exact) mass is 1200 g/mol. The van der Waals surface area contributed by atoms with Crippen LogP contribution in [-0.4, -0.2) is 77.0 Å². The number of allylic oxidation sites excluding steroid dienone is 2. The van der Waals surface area contributed by atoms with E-state index in [0.717, 1.165) is 96.6 Å². The second-order valence-electron chi connectivity index (χ2n) is 33.5. The summed E-state index contributed by atoms with van der Waals surface area (Å²) in [7, 11) is 0.750. The third kappa shape index (κ3) is 11.5. The number of fused-ring (bicyclic) bond motifs is 14. The maximum atomic E-state index is 13.4. The maximum absolute atomic E-state index is 13.4. The zero-order valence-electron chi connectivity index (χ0n) is 57.4. The predicted octanol–water partition coefficient (Wildman–Crippen LogP) is 13.1. The van der Waals surface area contributed by atoms with Crippen LogP contribution in [0.1, 0.15) is 251 Å². The molecule has 0 N–H and O–H groups in total. The topological polar surface area (TPSA) is 137 Å². The minimum Gasteiger partial charge on any atom is -0.857 e. The van der Waals surface area contributed by atoms with Crippen LogP contribution in [0.25, 0.3) is 0 Å². The zero-order chi connectivity index (χ0) is 62.0. The predicted molar refractivity (Wildman–Crippen MR) is 336 cm³/mol. The summed E-state index contributed by atoms with van der Waals surface area (Å²) in [5.41, 5.74) is 4.20. The van der Waals surface area contributed by atoms with Gasteiger partial charge in [-0.05, 0) is 277 Å². The van der Waals surface area contributed by atoms with E-state index < -0.39 is 11.3 Å². The van der Waals surface area contributed by atoms with Gasteiger partial charge in [0, 0.05) is 30.5 Å². The van der Waals surface area contributed by atoms with Gasteiger partial charge in [0.05, 0.1) is 25.7 Å². The van der Waals surface area contributed by atoms with Crippen molar-refractivity contribution in [1.82, 2.24) is 0 Å². The van der Waals surface area contributed by atoms with E-state index in [1.54, 1.807) is 6.92 Å². The van der Waals surface area contributed by atoms with E-state index in [-0.39, 0.29) is 85.8 Å². The van der Waals surface area contributed by atoms with Gasteiger partial charge in [0.15, 0.2) is 12.6 Å². The number of carbonyl (C=O) groups is 4. The number of hydrogen-bond acceptors (Lipinski definition) is 10. The number of Topliss-reactive ketones (excluding diaryl/α,β-unsaturated/α-hetero) is 2. The molecule has 0 aromatic heterocycles. The van der Waals surface area contributed by atoms with Crippen LogP contribution < -0.4 is 34.7 Å². The van der Waals surface area contributed by atoms with Gasteiger partial charge in [-0.3, -0.25) is 14.4 Å². The van der Waals surface area contributed by atoms with Gasteiger partial charge < -0.3 is 33.6 Å². The summed E-state index contributed by atoms with van der Waals surface area (Å²) < 4.78 is 29.5. The van der Waals surface area contributed by atoms with Gasteiger partial charge >= 0.3 is 29.6 Å². The molecule has 0 bridgehead atoms. The molecule has 12 fully saturated rings. The van der Waals surface area contributed by atoms with Crippen LogP contribution in [0.15, 0.2) is 24.3 Å².